The molecule has 0 amide bonds. The number of hydrogen-bond donors (Lipinski definition) is 1. The van der Waals surface area contributed by atoms with Gasteiger partial charge in [-0.15, -0.1) is 0 Å². The van der Waals surface area contributed by atoms with Crippen LogP contribution < -0.4 is 4.74 Å². The van der Waals surface area contributed by atoms with Gasteiger partial charge in [0, 0.05) is 5.56 Å². The number of ether oxygens (including phenoxy) is 1. The lowest BCUT2D eigenvalue weighted by Gasteiger charge is -2.13. The molecule has 0 aliphatic heterocycles. The second-order valence-electron chi connectivity index (χ2n) is 5.41. The summed E-state index contributed by atoms with van der Waals surface area (Å²) in [5.74, 6) is -0.0440. The Bertz CT molecular complexity index is 661. The van der Waals surface area contributed by atoms with Crippen LogP contribution >= 0.6 is 0 Å². The van der Waals surface area contributed by atoms with Crippen LogP contribution in [0.5, 0.6) is 11.5 Å². The Balaban J connectivity index is 2.14. The van der Waals surface area contributed by atoms with E-state index >= 15 is 0 Å². The Morgan fingerprint density at radius 2 is 1.78 bits per heavy atom. The van der Waals surface area contributed by atoms with Gasteiger partial charge in [0.15, 0.2) is 17.3 Å². The van der Waals surface area contributed by atoms with E-state index < -0.39 is 18.2 Å². The van der Waals surface area contributed by atoms with Gasteiger partial charge < -0.3 is 9.84 Å². The molecule has 0 heterocycles. The third kappa shape index (κ3) is 4.17. The zero-order chi connectivity index (χ0) is 16.8. The molecule has 0 spiro atoms. The van der Waals surface area contributed by atoms with Crippen LogP contribution in [0.3, 0.4) is 0 Å². The molecule has 0 bridgehead atoms. The topological polar surface area (TPSA) is 46.5 Å². The van der Waals surface area contributed by atoms with Gasteiger partial charge in [-0.1, -0.05) is 26.0 Å². The maximum atomic E-state index is 14.0. The van der Waals surface area contributed by atoms with E-state index in [1.165, 1.54) is 17.7 Å². The van der Waals surface area contributed by atoms with Gasteiger partial charge in [-0.2, -0.15) is 0 Å². The van der Waals surface area contributed by atoms with E-state index in [2.05, 4.69) is 13.8 Å². The van der Waals surface area contributed by atoms with Crippen LogP contribution in [-0.4, -0.2) is 17.5 Å². The minimum absolute atomic E-state index is 0.0507. The van der Waals surface area contributed by atoms with Crippen LogP contribution in [0.15, 0.2) is 42.5 Å². The predicted octanol–water partition coefficient (Wildman–Crippen LogP) is 4.70. The molecule has 0 atom stereocenters. The standard InChI is InChI=1S/C19H21FO3/c1-3-13(4-2)14-5-8-16(9-6-14)23-19-10-7-15(11-17(19)20)18(22)12-21/h5-11,13,21H,3-4,12H2,1-2H3. The molecule has 0 aromatic heterocycles. The molecule has 0 aliphatic carbocycles. The Morgan fingerprint density at radius 1 is 1.13 bits per heavy atom. The highest BCUT2D eigenvalue weighted by Gasteiger charge is 2.11. The van der Waals surface area contributed by atoms with Crippen molar-refractivity contribution < 1.29 is 19.0 Å². The lowest BCUT2D eigenvalue weighted by Crippen LogP contribution is -2.04. The second kappa shape index (κ2) is 7.88. The second-order valence-corrected chi connectivity index (χ2v) is 5.41. The molecule has 2 aromatic rings. The number of carbonyl (C=O) groups excluding carboxylic acids is 1. The fourth-order valence-electron chi connectivity index (χ4n) is 2.54. The minimum Gasteiger partial charge on any atom is -0.454 e. The first kappa shape index (κ1) is 17.2. The Morgan fingerprint density at radius 3 is 2.30 bits per heavy atom. The molecule has 122 valence electrons. The summed E-state index contributed by atoms with van der Waals surface area (Å²) < 4.78 is 19.5. The van der Waals surface area contributed by atoms with E-state index in [0.717, 1.165) is 18.9 Å². The van der Waals surface area contributed by atoms with Crippen LogP contribution in [0, 0.1) is 5.82 Å². The molecule has 0 saturated carbocycles. The zero-order valence-corrected chi connectivity index (χ0v) is 13.4. The van der Waals surface area contributed by atoms with Crippen LogP contribution in [-0.2, 0) is 0 Å². The summed E-state index contributed by atoms with van der Waals surface area (Å²) in [6, 6.07) is 11.5. The van der Waals surface area contributed by atoms with Gasteiger partial charge in [-0.25, -0.2) is 4.39 Å². The number of carbonyl (C=O) groups is 1. The molecule has 3 nitrogen and oxygen atoms in total. The number of ketones is 1. The smallest absolute Gasteiger partial charge is 0.188 e. The van der Waals surface area contributed by atoms with Gasteiger partial charge in [-0.05, 0) is 54.7 Å². The summed E-state index contributed by atoms with van der Waals surface area (Å²) in [4.78, 5) is 11.3. The highest BCUT2D eigenvalue weighted by atomic mass is 19.1. The van der Waals surface area contributed by atoms with Gasteiger partial charge in [0.2, 0.25) is 0 Å². The van der Waals surface area contributed by atoms with E-state index in [0.29, 0.717) is 11.7 Å². The van der Waals surface area contributed by atoms with Crippen molar-refractivity contribution in [2.45, 2.75) is 32.6 Å². The van der Waals surface area contributed by atoms with Gasteiger partial charge in [0.1, 0.15) is 12.4 Å². The van der Waals surface area contributed by atoms with Crippen LogP contribution in [0.2, 0.25) is 0 Å². The largest absolute Gasteiger partial charge is 0.454 e. The third-order valence-electron chi connectivity index (χ3n) is 3.96. The van der Waals surface area contributed by atoms with E-state index in [-0.39, 0.29) is 11.3 Å². The maximum absolute atomic E-state index is 14.0. The van der Waals surface area contributed by atoms with Crippen molar-refractivity contribution in [3.05, 3.63) is 59.4 Å². The average Bonchev–Trinajstić information content (AvgIpc) is 2.58. The molecule has 23 heavy (non-hydrogen) atoms. The van der Waals surface area contributed by atoms with Crippen molar-refractivity contribution >= 4 is 5.78 Å². The molecule has 2 aromatic carbocycles. The number of aliphatic hydroxyl groups is 1. The summed E-state index contributed by atoms with van der Waals surface area (Å²) in [6.45, 7) is 3.67. The molecule has 4 heteroatoms. The molecule has 1 N–H and O–H groups in total. The van der Waals surface area contributed by atoms with E-state index in [1.54, 1.807) is 0 Å². The molecule has 0 unspecified atom stereocenters. The van der Waals surface area contributed by atoms with Gasteiger partial charge in [-0.3, -0.25) is 4.79 Å². The number of halogens is 1. The summed E-state index contributed by atoms with van der Waals surface area (Å²) >= 11 is 0. The summed E-state index contributed by atoms with van der Waals surface area (Å²) in [5, 5.41) is 8.79. The zero-order valence-electron chi connectivity index (χ0n) is 13.4. The van der Waals surface area contributed by atoms with Crippen LogP contribution in [0.4, 0.5) is 4.39 Å². The number of aliphatic hydroxyl groups excluding tert-OH is 1. The van der Waals surface area contributed by atoms with Gasteiger partial charge >= 0.3 is 0 Å². The molecule has 0 saturated heterocycles. The quantitative estimate of drug-likeness (QED) is 0.753. The highest BCUT2D eigenvalue weighted by Crippen LogP contribution is 2.28. The maximum Gasteiger partial charge on any atom is 0.188 e. The summed E-state index contributed by atoms with van der Waals surface area (Å²) in [6.07, 6.45) is 2.15. The average molecular weight is 316 g/mol. The molecule has 0 fully saturated rings. The number of rotatable bonds is 7. The van der Waals surface area contributed by atoms with Crippen molar-refractivity contribution in [3.8, 4) is 11.5 Å². The van der Waals surface area contributed by atoms with Crippen molar-refractivity contribution in [2.24, 2.45) is 0 Å². The van der Waals surface area contributed by atoms with E-state index in [4.69, 9.17) is 9.84 Å². The first-order valence-corrected chi connectivity index (χ1v) is 7.80. The third-order valence-corrected chi connectivity index (χ3v) is 3.96. The fourth-order valence-corrected chi connectivity index (χ4v) is 2.54. The number of hydrogen-bond acceptors (Lipinski definition) is 3. The Kier molecular flexibility index (Phi) is 5.88. The highest BCUT2D eigenvalue weighted by molar-refractivity contribution is 5.97. The molecular weight excluding hydrogens is 295 g/mol. The Hall–Kier alpha value is -2.20. The van der Waals surface area contributed by atoms with Crippen molar-refractivity contribution in [1.29, 1.82) is 0 Å². The van der Waals surface area contributed by atoms with Crippen LogP contribution in [0.25, 0.3) is 0 Å². The number of Topliss-reactive ketones (excluding diaryl/α,β-unsaturated/α-hetero) is 1. The fraction of sp³-hybridized carbons (Fsp3) is 0.316. The molecule has 0 aliphatic rings. The Labute approximate surface area is 135 Å². The normalized spacial score (nSPS) is 10.8. The molecule has 2 rings (SSSR count). The summed E-state index contributed by atoms with van der Waals surface area (Å²) in [5.41, 5.74) is 1.37. The van der Waals surface area contributed by atoms with E-state index in [1.807, 2.05) is 24.3 Å². The summed E-state index contributed by atoms with van der Waals surface area (Å²) in [7, 11) is 0. The first-order valence-electron chi connectivity index (χ1n) is 7.80. The van der Waals surface area contributed by atoms with Gasteiger partial charge in [0.25, 0.3) is 0 Å². The lowest BCUT2D eigenvalue weighted by atomic mass is 9.94. The lowest BCUT2D eigenvalue weighted by molar-refractivity contribution is 0.0903. The SMILES string of the molecule is CCC(CC)c1ccc(Oc2ccc(C(=O)CO)cc2F)cc1. The van der Waals surface area contributed by atoms with Crippen molar-refractivity contribution in [2.75, 3.05) is 6.61 Å². The predicted molar refractivity (Wildman–Crippen MR) is 87.7 cm³/mol. The van der Waals surface area contributed by atoms with Gasteiger partial charge in [0.05, 0.1) is 0 Å². The van der Waals surface area contributed by atoms with E-state index in [9.17, 15) is 9.18 Å². The molecule has 0 radical (unpaired) electrons. The minimum atomic E-state index is -0.642. The first-order chi connectivity index (χ1) is 11.1. The monoisotopic (exact) mass is 316 g/mol. The van der Waals surface area contributed by atoms with Crippen LogP contribution in [0.1, 0.15) is 48.5 Å². The van der Waals surface area contributed by atoms with Crippen molar-refractivity contribution in [1.82, 2.24) is 0 Å². The molecular formula is C19H21FO3. The van der Waals surface area contributed by atoms with Crippen molar-refractivity contribution in [3.63, 3.8) is 0 Å². The number of benzene rings is 2.